The Morgan fingerprint density at radius 3 is 2.90 bits per heavy atom. The van der Waals surface area contributed by atoms with Crippen LogP contribution in [-0.4, -0.2) is 6.54 Å². The molecular weight excluding hydrogens is 262 g/mol. The fourth-order valence-corrected chi connectivity index (χ4v) is 4.22. The third-order valence-corrected chi connectivity index (χ3v) is 5.64. The molecule has 1 atom stereocenters. The molecule has 0 bridgehead atoms. The lowest BCUT2D eigenvalue weighted by Gasteiger charge is -2.31. The predicted molar refractivity (Wildman–Crippen MR) is 91.3 cm³/mol. The highest BCUT2D eigenvalue weighted by atomic mass is 32.1. The highest BCUT2D eigenvalue weighted by molar-refractivity contribution is 7.12. The Labute approximate surface area is 127 Å². The minimum atomic E-state index is 0.249. The summed E-state index contributed by atoms with van der Waals surface area (Å²) in [6.45, 7) is 16.1. The molecule has 20 heavy (non-hydrogen) atoms. The number of nitrogens with one attached hydrogen (secondary N) is 1. The maximum atomic E-state index is 4.28. The van der Waals surface area contributed by atoms with Gasteiger partial charge < -0.3 is 5.32 Å². The molecule has 110 valence electrons. The van der Waals surface area contributed by atoms with Crippen molar-refractivity contribution in [3.8, 4) is 0 Å². The van der Waals surface area contributed by atoms with E-state index in [-0.39, 0.29) is 5.41 Å². The zero-order valence-corrected chi connectivity index (χ0v) is 14.0. The zero-order valence-electron chi connectivity index (χ0n) is 13.1. The first-order chi connectivity index (χ1) is 9.50. The van der Waals surface area contributed by atoms with Crippen LogP contribution in [0.3, 0.4) is 0 Å². The SMILES string of the molecule is C=CC1(C)CCc2sc(C)c(C(=C)NCCCC)c2C1. The fraction of sp³-hybridized carbons (Fsp3) is 0.556. The van der Waals surface area contributed by atoms with Gasteiger partial charge in [-0.25, -0.2) is 0 Å². The molecule has 2 rings (SSSR count). The van der Waals surface area contributed by atoms with Crippen LogP contribution in [0.15, 0.2) is 19.2 Å². The molecule has 1 nitrogen and oxygen atoms in total. The summed E-state index contributed by atoms with van der Waals surface area (Å²) in [7, 11) is 0. The topological polar surface area (TPSA) is 12.0 Å². The molecule has 0 saturated carbocycles. The third-order valence-electron chi connectivity index (χ3n) is 4.43. The Balaban J connectivity index is 2.24. The van der Waals surface area contributed by atoms with Crippen molar-refractivity contribution >= 4 is 17.0 Å². The second kappa shape index (κ2) is 6.17. The Bertz CT molecular complexity index is 512. The predicted octanol–water partition coefficient (Wildman–Crippen LogP) is 5.10. The first-order valence-electron chi connectivity index (χ1n) is 7.68. The van der Waals surface area contributed by atoms with Crippen LogP contribution < -0.4 is 5.32 Å². The summed E-state index contributed by atoms with van der Waals surface area (Å²) in [5, 5.41) is 3.51. The first-order valence-corrected chi connectivity index (χ1v) is 8.50. The number of hydrogen-bond donors (Lipinski definition) is 1. The van der Waals surface area contributed by atoms with Crippen LogP contribution in [0.1, 0.15) is 54.0 Å². The molecule has 0 aliphatic heterocycles. The maximum absolute atomic E-state index is 4.28. The van der Waals surface area contributed by atoms with Gasteiger partial charge in [-0.2, -0.15) is 0 Å². The molecule has 1 heterocycles. The van der Waals surface area contributed by atoms with Crippen LogP contribution in [0.5, 0.6) is 0 Å². The molecule has 1 aromatic heterocycles. The van der Waals surface area contributed by atoms with Crippen LogP contribution in [0.4, 0.5) is 0 Å². The van der Waals surface area contributed by atoms with Gasteiger partial charge in [-0.1, -0.05) is 32.9 Å². The van der Waals surface area contributed by atoms with Crippen molar-refractivity contribution in [1.29, 1.82) is 0 Å². The van der Waals surface area contributed by atoms with Crippen molar-refractivity contribution in [3.05, 3.63) is 40.1 Å². The molecular formula is C18H27NS. The average molecular weight is 289 g/mol. The summed E-state index contributed by atoms with van der Waals surface area (Å²) < 4.78 is 0. The molecule has 2 heteroatoms. The molecule has 0 spiro atoms. The fourth-order valence-electron chi connectivity index (χ4n) is 3.00. The van der Waals surface area contributed by atoms with Crippen LogP contribution in [-0.2, 0) is 12.8 Å². The van der Waals surface area contributed by atoms with Crippen molar-refractivity contribution in [2.45, 2.75) is 52.9 Å². The van der Waals surface area contributed by atoms with E-state index >= 15 is 0 Å². The average Bonchev–Trinajstić information content (AvgIpc) is 2.74. The van der Waals surface area contributed by atoms with Gasteiger partial charge in [0, 0.05) is 27.6 Å². The molecule has 0 amide bonds. The van der Waals surface area contributed by atoms with Gasteiger partial charge in [0.15, 0.2) is 0 Å². The van der Waals surface area contributed by atoms with Gasteiger partial charge in [-0.05, 0) is 43.6 Å². The van der Waals surface area contributed by atoms with E-state index in [2.05, 4.69) is 45.3 Å². The summed E-state index contributed by atoms with van der Waals surface area (Å²) in [6.07, 6.45) is 8.08. The number of hydrogen-bond acceptors (Lipinski definition) is 2. The monoisotopic (exact) mass is 289 g/mol. The number of allylic oxidation sites excluding steroid dienone is 1. The largest absolute Gasteiger partial charge is 0.385 e. The summed E-state index contributed by atoms with van der Waals surface area (Å²) in [4.78, 5) is 2.98. The van der Waals surface area contributed by atoms with E-state index < -0.39 is 0 Å². The second-order valence-corrected chi connectivity index (χ2v) is 7.54. The van der Waals surface area contributed by atoms with Gasteiger partial charge in [0.2, 0.25) is 0 Å². The van der Waals surface area contributed by atoms with E-state index in [1.165, 1.54) is 41.7 Å². The molecule has 1 N–H and O–H groups in total. The molecule has 1 aromatic rings. The van der Waals surface area contributed by atoms with Crippen molar-refractivity contribution in [3.63, 3.8) is 0 Å². The molecule has 0 saturated heterocycles. The number of aryl methyl sites for hydroxylation is 2. The van der Waals surface area contributed by atoms with E-state index in [0.29, 0.717) is 0 Å². The Hall–Kier alpha value is -1.02. The third kappa shape index (κ3) is 3.01. The van der Waals surface area contributed by atoms with Crippen molar-refractivity contribution in [1.82, 2.24) is 5.32 Å². The summed E-state index contributed by atoms with van der Waals surface area (Å²) in [5.41, 5.74) is 4.27. The number of rotatable bonds is 6. The number of fused-ring (bicyclic) bond motifs is 1. The Morgan fingerprint density at radius 1 is 1.50 bits per heavy atom. The lowest BCUT2D eigenvalue weighted by molar-refractivity contribution is 0.372. The molecule has 1 aliphatic carbocycles. The summed E-state index contributed by atoms with van der Waals surface area (Å²) in [6, 6.07) is 0. The summed E-state index contributed by atoms with van der Waals surface area (Å²) in [5.74, 6) is 0. The smallest absolute Gasteiger partial charge is 0.0354 e. The zero-order chi connectivity index (χ0) is 14.8. The van der Waals surface area contributed by atoms with Gasteiger partial charge in [0.25, 0.3) is 0 Å². The van der Waals surface area contributed by atoms with Crippen LogP contribution in [0.25, 0.3) is 5.70 Å². The number of thiophene rings is 1. The second-order valence-electron chi connectivity index (χ2n) is 6.23. The Kier molecular flexibility index (Phi) is 4.74. The number of unbranched alkanes of at least 4 members (excludes halogenated alkanes) is 1. The minimum absolute atomic E-state index is 0.249. The van der Waals surface area contributed by atoms with E-state index in [1.54, 1.807) is 4.88 Å². The van der Waals surface area contributed by atoms with Crippen molar-refractivity contribution < 1.29 is 0 Å². The highest BCUT2D eigenvalue weighted by Gasteiger charge is 2.31. The van der Waals surface area contributed by atoms with Gasteiger partial charge >= 0.3 is 0 Å². The van der Waals surface area contributed by atoms with Crippen LogP contribution in [0.2, 0.25) is 0 Å². The van der Waals surface area contributed by atoms with E-state index in [9.17, 15) is 0 Å². The van der Waals surface area contributed by atoms with Crippen molar-refractivity contribution in [2.24, 2.45) is 5.41 Å². The van der Waals surface area contributed by atoms with Gasteiger partial charge in [-0.15, -0.1) is 17.9 Å². The lowest BCUT2D eigenvalue weighted by atomic mass is 9.74. The van der Waals surface area contributed by atoms with E-state index in [1.807, 2.05) is 11.3 Å². The minimum Gasteiger partial charge on any atom is -0.385 e. The normalized spacial score (nSPS) is 21.4. The van der Waals surface area contributed by atoms with Crippen LogP contribution in [0, 0.1) is 12.3 Å². The van der Waals surface area contributed by atoms with E-state index in [4.69, 9.17) is 0 Å². The molecule has 1 aliphatic rings. The van der Waals surface area contributed by atoms with E-state index in [0.717, 1.165) is 18.7 Å². The van der Waals surface area contributed by atoms with Crippen molar-refractivity contribution in [2.75, 3.05) is 6.54 Å². The first kappa shape index (κ1) is 15.4. The quantitative estimate of drug-likeness (QED) is 0.567. The van der Waals surface area contributed by atoms with Gasteiger partial charge in [0.05, 0.1) is 0 Å². The van der Waals surface area contributed by atoms with Gasteiger partial charge in [-0.3, -0.25) is 0 Å². The molecule has 0 fully saturated rings. The van der Waals surface area contributed by atoms with Crippen LogP contribution >= 0.6 is 11.3 Å². The molecule has 0 aromatic carbocycles. The Morgan fingerprint density at radius 2 is 2.25 bits per heavy atom. The standard InChI is InChI=1S/C18H27NS/c1-6-8-11-19-13(3)17-14(4)20-16-9-10-18(5,7-2)12-15(16)17/h7,19H,2-3,6,8-12H2,1,4-5H3. The molecule has 1 unspecified atom stereocenters. The highest BCUT2D eigenvalue weighted by Crippen LogP contribution is 2.43. The lowest BCUT2D eigenvalue weighted by Crippen LogP contribution is -2.23. The van der Waals surface area contributed by atoms with Gasteiger partial charge in [0.1, 0.15) is 0 Å². The summed E-state index contributed by atoms with van der Waals surface area (Å²) >= 11 is 1.96. The maximum Gasteiger partial charge on any atom is 0.0354 e. The molecule has 0 radical (unpaired) electrons.